The van der Waals surface area contributed by atoms with E-state index in [1.54, 1.807) is 38.3 Å². The molecule has 0 aliphatic carbocycles. The Labute approximate surface area is 136 Å². The molecule has 1 N–H and O–H groups in total. The molecule has 5 nitrogen and oxygen atoms in total. The van der Waals surface area contributed by atoms with Gasteiger partial charge in [-0.1, -0.05) is 0 Å². The molecule has 2 aromatic rings. The van der Waals surface area contributed by atoms with Crippen molar-refractivity contribution < 1.29 is 14.3 Å². The molecular weight excluding hydrogens is 292 g/mol. The summed E-state index contributed by atoms with van der Waals surface area (Å²) in [5.41, 5.74) is 1.82. The van der Waals surface area contributed by atoms with Gasteiger partial charge in [0.25, 0.3) is 5.91 Å². The van der Waals surface area contributed by atoms with Crippen LogP contribution in [0.15, 0.2) is 48.5 Å². The Balaban J connectivity index is 1.93. The third-order valence-electron chi connectivity index (χ3n) is 3.39. The number of anilines is 2. The molecule has 0 aliphatic rings. The summed E-state index contributed by atoms with van der Waals surface area (Å²) >= 11 is 0. The smallest absolute Gasteiger partial charge is 0.265 e. The summed E-state index contributed by atoms with van der Waals surface area (Å²) in [4.78, 5) is 14.2. The van der Waals surface area contributed by atoms with Crippen LogP contribution in [0, 0.1) is 0 Å². The number of methoxy groups -OCH3 is 1. The van der Waals surface area contributed by atoms with Crippen LogP contribution < -0.4 is 19.7 Å². The maximum atomic E-state index is 12.2. The second-order valence-corrected chi connectivity index (χ2v) is 5.37. The van der Waals surface area contributed by atoms with E-state index in [2.05, 4.69) is 5.32 Å². The Kier molecular flexibility index (Phi) is 5.46. The summed E-state index contributed by atoms with van der Waals surface area (Å²) in [5.74, 6) is 1.17. The third-order valence-corrected chi connectivity index (χ3v) is 3.39. The molecule has 0 saturated heterocycles. The zero-order valence-electron chi connectivity index (χ0n) is 13.9. The maximum absolute atomic E-state index is 12.2. The molecule has 0 saturated carbocycles. The van der Waals surface area contributed by atoms with Crippen molar-refractivity contribution in [2.45, 2.75) is 13.0 Å². The molecule has 2 aromatic carbocycles. The van der Waals surface area contributed by atoms with Gasteiger partial charge in [0.1, 0.15) is 11.5 Å². The van der Waals surface area contributed by atoms with Crippen LogP contribution in [0.4, 0.5) is 11.4 Å². The molecule has 0 bridgehead atoms. The summed E-state index contributed by atoms with van der Waals surface area (Å²) in [6.45, 7) is 1.72. The van der Waals surface area contributed by atoms with Gasteiger partial charge in [-0.05, 0) is 55.5 Å². The first-order chi connectivity index (χ1) is 11.0. The highest BCUT2D eigenvalue weighted by Crippen LogP contribution is 2.19. The Hall–Kier alpha value is -2.69. The highest BCUT2D eigenvalue weighted by molar-refractivity contribution is 5.94. The van der Waals surface area contributed by atoms with Crippen molar-refractivity contribution in [1.82, 2.24) is 0 Å². The number of amides is 1. The van der Waals surface area contributed by atoms with Crippen molar-refractivity contribution in [3.8, 4) is 11.5 Å². The van der Waals surface area contributed by atoms with E-state index in [1.807, 2.05) is 43.3 Å². The lowest BCUT2D eigenvalue weighted by atomic mass is 10.2. The van der Waals surface area contributed by atoms with E-state index >= 15 is 0 Å². The van der Waals surface area contributed by atoms with Crippen LogP contribution in [0.5, 0.6) is 11.5 Å². The highest BCUT2D eigenvalue weighted by Gasteiger charge is 2.15. The van der Waals surface area contributed by atoms with Crippen LogP contribution in [0.1, 0.15) is 6.92 Å². The lowest BCUT2D eigenvalue weighted by Gasteiger charge is -2.16. The van der Waals surface area contributed by atoms with Crippen LogP contribution in [0.25, 0.3) is 0 Å². The van der Waals surface area contributed by atoms with Gasteiger partial charge >= 0.3 is 0 Å². The predicted molar refractivity (Wildman–Crippen MR) is 92.5 cm³/mol. The van der Waals surface area contributed by atoms with E-state index in [-0.39, 0.29) is 5.91 Å². The van der Waals surface area contributed by atoms with Crippen molar-refractivity contribution in [1.29, 1.82) is 0 Å². The quantitative estimate of drug-likeness (QED) is 0.890. The number of nitrogens with one attached hydrogen (secondary N) is 1. The van der Waals surface area contributed by atoms with Crippen molar-refractivity contribution in [3.05, 3.63) is 48.5 Å². The van der Waals surface area contributed by atoms with Gasteiger partial charge in [0, 0.05) is 25.5 Å². The topological polar surface area (TPSA) is 50.8 Å². The summed E-state index contributed by atoms with van der Waals surface area (Å²) in [7, 11) is 5.55. The van der Waals surface area contributed by atoms with Crippen LogP contribution in [-0.4, -0.2) is 33.2 Å². The van der Waals surface area contributed by atoms with Gasteiger partial charge in [0.15, 0.2) is 6.10 Å². The first-order valence-electron chi connectivity index (χ1n) is 7.38. The molecule has 0 spiro atoms. The number of rotatable bonds is 6. The number of benzene rings is 2. The minimum atomic E-state index is -0.600. The average Bonchev–Trinajstić information content (AvgIpc) is 2.56. The van der Waals surface area contributed by atoms with Gasteiger partial charge in [0.05, 0.1) is 7.11 Å². The molecule has 0 unspecified atom stereocenters. The zero-order valence-corrected chi connectivity index (χ0v) is 13.9. The van der Waals surface area contributed by atoms with Crippen LogP contribution >= 0.6 is 0 Å². The summed E-state index contributed by atoms with van der Waals surface area (Å²) in [6.07, 6.45) is -0.600. The Morgan fingerprint density at radius 3 is 2.09 bits per heavy atom. The highest BCUT2D eigenvalue weighted by atomic mass is 16.5. The predicted octanol–water partition coefficient (Wildman–Crippen LogP) is 3.17. The Morgan fingerprint density at radius 1 is 1.00 bits per heavy atom. The number of hydrogen-bond donors (Lipinski definition) is 1. The first-order valence-corrected chi connectivity index (χ1v) is 7.38. The molecule has 0 aliphatic heterocycles. The number of ether oxygens (including phenoxy) is 2. The van der Waals surface area contributed by atoms with E-state index in [9.17, 15) is 4.79 Å². The van der Waals surface area contributed by atoms with Gasteiger partial charge in [-0.2, -0.15) is 0 Å². The third kappa shape index (κ3) is 4.64. The molecule has 0 radical (unpaired) electrons. The average molecular weight is 314 g/mol. The van der Waals surface area contributed by atoms with Gasteiger partial charge in [0.2, 0.25) is 0 Å². The molecule has 1 atom stereocenters. The molecule has 2 rings (SSSR count). The number of carbonyl (C=O) groups excluding carboxylic acids is 1. The fraction of sp³-hybridized carbons (Fsp3) is 0.278. The summed E-state index contributed by atoms with van der Waals surface area (Å²) < 4.78 is 10.7. The van der Waals surface area contributed by atoms with E-state index in [0.717, 1.165) is 17.1 Å². The lowest BCUT2D eigenvalue weighted by Crippen LogP contribution is -2.30. The summed E-state index contributed by atoms with van der Waals surface area (Å²) in [6, 6.07) is 14.8. The monoisotopic (exact) mass is 314 g/mol. The number of carbonyl (C=O) groups is 1. The molecule has 0 heterocycles. The normalized spacial score (nSPS) is 11.5. The fourth-order valence-corrected chi connectivity index (χ4v) is 2.00. The zero-order chi connectivity index (χ0) is 16.8. The van der Waals surface area contributed by atoms with Crippen LogP contribution in [0.2, 0.25) is 0 Å². The minimum absolute atomic E-state index is 0.196. The van der Waals surface area contributed by atoms with E-state index < -0.39 is 6.10 Å². The lowest BCUT2D eigenvalue weighted by molar-refractivity contribution is -0.122. The SMILES string of the molecule is COc1ccc(O[C@H](C)C(=O)Nc2ccc(N(C)C)cc2)cc1. The van der Waals surface area contributed by atoms with Gasteiger partial charge in [-0.15, -0.1) is 0 Å². The largest absolute Gasteiger partial charge is 0.497 e. The molecule has 5 heteroatoms. The first kappa shape index (κ1) is 16.7. The molecule has 0 aromatic heterocycles. The fourth-order valence-electron chi connectivity index (χ4n) is 2.00. The van der Waals surface area contributed by atoms with Gasteiger partial charge in [-0.3, -0.25) is 4.79 Å². The number of nitrogens with zero attached hydrogens (tertiary/aromatic N) is 1. The minimum Gasteiger partial charge on any atom is -0.497 e. The van der Waals surface area contributed by atoms with Gasteiger partial charge < -0.3 is 19.7 Å². The van der Waals surface area contributed by atoms with E-state index in [1.165, 1.54) is 0 Å². The van der Waals surface area contributed by atoms with Crippen molar-refractivity contribution in [3.63, 3.8) is 0 Å². The summed E-state index contributed by atoms with van der Waals surface area (Å²) in [5, 5.41) is 2.84. The number of hydrogen-bond acceptors (Lipinski definition) is 4. The molecule has 23 heavy (non-hydrogen) atoms. The van der Waals surface area contributed by atoms with Crippen LogP contribution in [-0.2, 0) is 4.79 Å². The van der Waals surface area contributed by atoms with E-state index in [0.29, 0.717) is 5.75 Å². The van der Waals surface area contributed by atoms with Crippen molar-refractivity contribution in [2.75, 3.05) is 31.4 Å². The molecule has 1 amide bonds. The van der Waals surface area contributed by atoms with Crippen LogP contribution in [0.3, 0.4) is 0 Å². The molecule has 122 valence electrons. The second-order valence-electron chi connectivity index (χ2n) is 5.37. The van der Waals surface area contributed by atoms with Crippen molar-refractivity contribution in [2.24, 2.45) is 0 Å². The second kappa shape index (κ2) is 7.54. The standard InChI is InChI=1S/C18H22N2O3/c1-13(23-17-11-9-16(22-4)10-12-17)18(21)19-14-5-7-15(8-6-14)20(2)3/h5-13H,1-4H3,(H,19,21)/t13-/m1/s1. The molecule has 0 fully saturated rings. The molecular formula is C18H22N2O3. The Bertz CT molecular complexity index is 636. The maximum Gasteiger partial charge on any atom is 0.265 e. The van der Waals surface area contributed by atoms with Crippen molar-refractivity contribution >= 4 is 17.3 Å². The van der Waals surface area contributed by atoms with Gasteiger partial charge in [-0.25, -0.2) is 0 Å². The Morgan fingerprint density at radius 2 is 1.57 bits per heavy atom. The van der Waals surface area contributed by atoms with E-state index in [4.69, 9.17) is 9.47 Å².